The van der Waals surface area contributed by atoms with Crippen LogP contribution >= 0.6 is 0 Å². The highest BCUT2D eigenvalue weighted by Crippen LogP contribution is 2.31. The molecular formula is C23H24N2O7. The van der Waals surface area contributed by atoms with Gasteiger partial charge < -0.3 is 28.8 Å². The van der Waals surface area contributed by atoms with Crippen LogP contribution in [-0.2, 0) is 0 Å². The molecular weight excluding hydrogens is 416 g/mol. The van der Waals surface area contributed by atoms with Gasteiger partial charge in [-0.2, -0.15) is 0 Å². The van der Waals surface area contributed by atoms with E-state index in [1.165, 1.54) is 28.2 Å². The number of hydrogen-bond acceptors (Lipinski definition) is 7. The number of phenolic OH excluding ortho intramolecular Hbond substituents is 1. The second-order valence-corrected chi connectivity index (χ2v) is 7.08. The molecule has 32 heavy (non-hydrogen) atoms. The summed E-state index contributed by atoms with van der Waals surface area (Å²) in [5.74, 6) is 0.0169. The number of amides is 2. The van der Waals surface area contributed by atoms with Gasteiger partial charge in [0.2, 0.25) is 5.43 Å². The van der Waals surface area contributed by atoms with Crippen LogP contribution in [-0.4, -0.2) is 54.3 Å². The Bertz CT molecular complexity index is 1200. The van der Waals surface area contributed by atoms with Gasteiger partial charge in [-0.3, -0.25) is 4.79 Å². The number of nitrogens with zero attached hydrogens (tertiary/aromatic N) is 2. The van der Waals surface area contributed by atoms with Crippen LogP contribution in [0, 0.1) is 0 Å². The lowest BCUT2D eigenvalue weighted by Crippen LogP contribution is -2.29. The highest BCUT2D eigenvalue weighted by molar-refractivity contribution is 5.88. The molecule has 0 fully saturated rings. The van der Waals surface area contributed by atoms with Crippen molar-refractivity contribution in [2.24, 2.45) is 0 Å². The second-order valence-electron chi connectivity index (χ2n) is 7.08. The predicted octanol–water partition coefficient (Wildman–Crippen LogP) is 4.07. The first-order valence-electron chi connectivity index (χ1n) is 10.00. The number of carbonyl (C=O) groups excluding carboxylic acids is 2. The quantitative estimate of drug-likeness (QED) is 0.637. The number of hydrogen-bond donors (Lipinski definition) is 1. The van der Waals surface area contributed by atoms with Crippen LogP contribution in [0.3, 0.4) is 0 Å². The van der Waals surface area contributed by atoms with Gasteiger partial charge in [-0.1, -0.05) is 12.1 Å². The molecule has 0 spiro atoms. The van der Waals surface area contributed by atoms with Crippen LogP contribution < -0.4 is 14.9 Å². The van der Waals surface area contributed by atoms with Crippen molar-refractivity contribution in [2.45, 2.75) is 13.8 Å². The van der Waals surface area contributed by atoms with E-state index >= 15 is 0 Å². The molecule has 0 atom stereocenters. The summed E-state index contributed by atoms with van der Waals surface area (Å²) >= 11 is 0. The SMILES string of the molecule is CCN(C)C(=O)Oc1ccc(-c2coc3cc(OC(=O)N(C)CC)cc(O)c3c2=O)cc1. The van der Waals surface area contributed by atoms with Crippen LogP contribution in [0.5, 0.6) is 17.2 Å². The zero-order valence-electron chi connectivity index (χ0n) is 18.2. The third kappa shape index (κ3) is 4.66. The van der Waals surface area contributed by atoms with Crippen molar-refractivity contribution in [2.75, 3.05) is 27.2 Å². The van der Waals surface area contributed by atoms with E-state index in [4.69, 9.17) is 13.9 Å². The monoisotopic (exact) mass is 440 g/mol. The normalized spacial score (nSPS) is 10.6. The molecule has 1 N–H and O–H groups in total. The van der Waals surface area contributed by atoms with E-state index in [0.717, 1.165) is 0 Å². The van der Waals surface area contributed by atoms with Crippen molar-refractivity contribution >= 4 is 23.2 Å². The summed E-state index contributed by atoms with van der Waals surface area (Å²) in [5.41, 5.74) is 0.354. The van der Waals surface area contributed by atoms with Gasteiger partial charge in [-0.25, -0.2) is 9.59 Å². The number of phenols is 1. The number of carbonyl (C=O) groups is 2. The van der Waals surface area contributed by atoms with Crippen molar-refractivity contribution in [3.8, 4) is 28.4 Å². The van der Waals surface area contributed by atoms with Crippen LogP contribution in [0.4, 0.5) is 9.59 Å². The number of rotatable bonds is 5. The Balaban J connectivity index is 1.90. The molecule has 0 saturated carbocycles. The van der Waals surface area contributed by atoms with Gasteiger partial charge in [-0.15, -0.1) is 0 Å². The molecule has 1 heterocycles. The summed E-state index contributed by atoms with van der Waals surface area (Å²) in [4.78, 5) is 39.6. The summed E-state index contributed by atoms with van der Waals surface area (Å²) in [6, 6.07) is 8.91. The molecule has 1 aromatic heterocycles. The van der Waals surface area contributed by atoms with Gasteiger partial charge in [0.05, 0.1) is 5.56 Å². The fourth-order valence-corrected chi connectivity index (χ4v) is 2.78. The highest BCUT2D eigenvalue weighted by Gasteiger charge is 2.17. The first-order chi connectivity index (χ1) is 15.2. The van der Waals surface area contributed by atoms with Gasteiger partial charge in [-0.05, 0) is 31.5 Å². The molecule has 2 aromatic carbocycles. The van der Waals surface area contributed by atoms with Crippen LogP contribution in [0.2, 0.25) is 0 Å². The van der Waals surface area contributed by atoms with E-state index in [9.17, 15) is 19.5 Å². The molecule has 0 unspecified atom stereocenters. The van der Waals surface area contributed by atoms with E-state index in [2.05, 4.69) is 0 Å². The van der Waals surface area contributed by atoms with Crippen molar-refractivity contribution < 1.29 is 28.6 Å². The van der Waals surface area contributed by atoms with E-state index in [-0.39, 0.29) is 28.0 Å². The summed E-state index contributed by atoms with van der Waals surface area (Å²) in [5, 5.41) is 10.4. The minimum Gasteiger partial charge on any atom is -0.507 e. The van der Waals surface area contributed by atoms with E-state index in [1.54, 1.807) is 45.3 Å². The minimum atomic E-state index is -0.601. The molecule has 0 bridgehead atoms. The first kappa shape index (κ1) is 22.7. The Morgan fingerprint density at radius 3 is 2.06 bits per heavy atom. The summed E-state index contributed by atoms with van der Waals surface area (Å²) < 4.78 is 16.0. The lowest BCUT2D eigenvalue weighted by Gasteiger charge is -2.15. The molecule has 0 aliphatic heterocycles. The Kier molecular flexibility index (Phi) is 6.67. The zero-order valence-corrected chi connectivity index (χ0v) is 18.2. The van der Waals surface area contributed by atoms with Crippen molar-refractivity contribution in [3.05, 3.63) is 52.9 Å². The van der Waals surface area contributed by atoms with Crippen molar-refractivity contribution in [1.82, 2.24) is 9.80 Å². The minimum absolute atomic E-state index is 0.0359. The highest BCUT2D eigenvalue weighted by atomic mass is 16.6. The first-order valence-corrected chi connectivity index (χ1v) is 10.00. The smallest absolute Gasteiger partial charge is 0.414 e. The topological polar surface area (TPSA) is 110 Å². The van der Waals surface area contributed by atoms with E-state index in [1.807, 2.05) is 6.92 Å². The zero-order chi connectivity index (χ0) is 23.4. The average molecular weight is 440 g/mol. The second kappa shape index (κ2) is 9.42. The largest absolute Gasteiger partial charge is 0.507 e. The van der Waals surface area contributed by atoms with Crippen molar-refractivity contribution in [3.63, 3.8) is 0 Å². The fourth-order valence-electron chi connectivity index (χ4n) is 2.78. The summed E-state index contributed by atoms with van der Waals surface area (Å²) in [6.07, 6.45) is 0.174. The fraction of sp³-hybridized carbons (Fsp3) is 0.261. The van der Waals surface area contributed by atoms with Gasteiger partial charge in [0, 0.05) is 39.3 Å². The Morgan fingerprint density at radius 1 is 0.938 bits per heavy atom. The lowest BCUT2D eigenvalue weighted by atomic mass is 10.0. The Labute approximate surface area is 184 Å². The number of benzene rings is 2. The maximum absolute atomic E-state index is 13.0. The average Bonchev–Trinajstić information content (AvgIpc) is 2.78. The van der Waals surface area contributed by atoms with Crippen molar-refractivity contribution in [1.29, 1.82) is 0 Å². The molecule has 0 radical (unpaired) electrons. The summed E-state index contributed by atoms with van der Waals surface area (Å²) in [7, 11) is 3.20. The Hall–Kier alpha value is -4.01. The van der Waals surface area contributed by atoms with Gasteiger partial charge in [0.25, 0.3) is 0 Å². The molecule has 2 amide bonds. The third-order valence-electron chi connectivity index (χ3n) is 4.98. The number of fused-ring (bicyclic) bond motifs is 1. The molecule has 3 rings (SSSR count). The molecule has 0 aliphatic rings. The summed E-state index contributed by atoms with van der Waals surface area (Å²) in [6.45, 7) is 4.58. The number of aromatic hydroxyl groups is 1. The number of ether oxygens (including phenoxy) is 2. The van der Waals surface area contributed by atoms with Crippen LogP contribution in [0.25, 0.3) is 22.1 Å². The van der Waals surface area contributed by atoms with Crippen LogP contribution in [0.15, 0.2) is 51.9 Å². The standard InChI is InChI=1S/C23H24N2O7/c1-5-24(3)22(28)31-15-9-7-14(8-10-15)17-13-30-19-12-16(32-23(29)25(4)6-2)11-18(26)20(19)21(17)27/h7-13,26H,5-6H2,1-4H3. The Morgan fingerprint density at radius 2 is 1.50 bits per heavy atom. The molecule has 9 heteroatoms. The predicted molar refractivity (Wildman–Crippen MR) is 118 cm³/mol. The molecule has 168 valence electrons. The molecule has 9 nitrogen and oxygen atoms in total. The van der Waals surface area contributed by atoms with Gasteiger partial charge in [0.1, 0.15) is 34.5 Å². The molecule has 3 aromatic rings. The third-order valence-corrected chi connectivity index (χ3v) is 4.98. The molecule has 0 aliphatic carbocycles. The maximum Gasteiger partial charge on any atom is 0.414 e. The van der Waals surface area contributed by atoms with Crippen LogP contribution in [0.1, 0.15) is 13.8 Å². The maximum atomic E-state index is 13.0. The van der Waals surface area contributed by atoms with Gasteiger partial charge >= 0.3 is 12.2 Å². The molecule has 0 saturated heterocycles. The van der Waals surface area contributed by atoms with Gasteiger partial charge in [0.15, 0.2) is 0 Å². The van der Waals surface area contributed by atoms with E-state index in [0.29, 0.717) is 24.4 Å². The van der Waals surface area contributed by atoms with E-state index < -0.39 is 17.6 Å². The lowest BCUT2D eigenvalue weighted by molar-refractivity contribution is 0.164.